The average Bonchev–Trinajstić information content (AvgIpc) is 2.39. The van der Waals surface area contributed by atoms with E-state index in [0.29, 0.717) is 0 Å². The first-order valence-electron chi connectivity index (χ1n) is 5.73. The highest BCUT2D eigenvalue weighted by molar-refractivity contribution is 5.95. The van der Waals surface area contributed by atoms with Crippen LogP contribution in [0.3, 0.4) is 0 Å². The number of carboxylic acids is 1. The molecule has 1 atom stereocenters. The van der Waals surface area contributed by atoms with Crippen LogP contribution in [0.25, 0.3) is 10.8 Å². The minimum Gasteiger partial charge on any atom is -0.480 e. The summed E-state index contributed by atoms with van der Waals surface area (Å²) in [4.78, 5) is 12.5. The lowest BCUT2D eigenvalue weighted by atomic mass is 10.1. The zero-order valence-corrected chi connectivity index (χ0v) is 10.1. The number of aliphatic hydroxyl groups excluding tert-OH is 1. The van der Waals surface area contributed by atoms with Crippen LogP contribution in [0, 0.1) is 0 Å². The molecule has 4 heteroatoms. The molecule has 0 aliphatic rings. The molecule has 0 aliphatic heterocycles. The summed E-state index contributed by atoms with van der Waals surface area (Å²) >= 11 is 0. The fraction of sp³-hybridized carbons (Fsp3) is 0.214. The second kappa shape index (κ2) is 5.06. The van der Waals surface area contributed by atoms with Crippen molar-refractivity contribution in [3.05, 3.63) is 42.5 Å². The van der Waals surface area contributed by atoms with Gasteiger partial charge in [0.25, 0.3) is 0 Å². The molecule has 2 rings (SSSR count). The van der Waals surface area contributed by atoms with Crippen molar-refractivity contribution in [1.29, 1.82) is 0 Å². The van der Waals surface area contributed by atoms with E-state index in [1.54, 1.807) is 6.92 Å². The van der Waals surface area contributed by atoms with Gasteiger partial charge in [0, 0.05) is 11.1 Å². The molecule has 2 N–H and O–H groups in total. The molecule has 0 radical (unpaired) electrons. The van der Waals surface area contributed by atoms with Gasteiger partial charge < -0.3 is 15.1 Å². The minimum absolute atomic E-state index is 0.332. The maximum Gasteiger partial charge on any atom is 0.326 e. The van der Waals surface area contributed by atoms with Gasteiger partial charge in [-0.3, -0.25) is 0 Å². The van der Waals surface area contributed by atoms with E-state index in [9.17, 15) is 9.90 Å². The summed E-state index contributed by atoms with van der Waals surface area (Å²) in [7, 11) is 0. The van der Waals surface area contributed by atoms with Crippen molar-refractivity contribution in [2.24, 2.45) is 0 Å². The van der Waals surface area contributed by atoms with Crippen LogP contribution in [0.1, 0.15) is 6.92 Å². The van der Waals surface area contributed by atoms with E-state index in [4.69, 9.17) is 5.11 Å². The quantitative estimate of drug-likeness (QED) is 0.809. The maximum absolute atomic E-state index is 11.1. The first-order chi connectivity index (χ1) is 8.65. The molecule has 0 aliphatic carbocycles. The van der Waals surface area contributed by atoms with Crippen LogP contribution in [-0.4, -0.2) is 29.0 Å². The second-order valence-corrected chi connectivity index (χ2v) is 4.12. The summed E-state index contributed by atoms with van der Waals surface area (Å²) in [5.74, 6) is -0.961. The number of carbonyl (C=O) groups is 1. The predicted octanol–water partition coefficient (Wildman–Crippen LogP) is 2.07. The third kappa shape index (κ3) is 2.15. The molecule has 0 unspecified atom stereocenters. The van der Waals surface area contributed by atoms with Crippen molar-refractivity contribution in [1.82, 2.24) is 0 Å². The van der Waals surface area contributed by atoms with Crippen molar-refractivity contribution in [3.8, 4) is 0 Å². The third-order valence-corrected chi connectivity index (χ3v) is 3.05. The summed E-state index contributed by atoms with van der Waals surface area (Å²) in [5.41, 5.74) is 0.727. The van der Waals surface area contributed by atoms with Gasteiger partial charge in [0.15, 0.2) is 0 Å². The number of aliphatic carboxylic acids is 1. The first kappa shape index (κ1) is 12.4. The molecule has 0 spiro atoms. The molecular weight excluding hydrogens is 230 g/mol. The Hall–Kier alpha value is -2.07. The lowest BCUT2D eigenvalue weighted by molar-refractivity contribution is -0.138. The molecule has 2 aromatic carbocycles. The maximum atomic E-state index is 11.1. The minimum atomic E-state index is -0.961. The highest BCUT2D eigenvalue weighted by atomic mass is 16.4. The van der Waals surface area contributed by atoms with E-state index in [0.717, 1.165) is 16.5 Å². The average molecular weight is 245 g/mol. The van der Waals surface area contributed by atoms with Crippen molar-refractivity contribution in [3.63, 3.8) is 0 Å². The Morgan fingerprint density at radius 2 is 1.89 bits per heavy atom. The monoisotopic (exact) mass is 245 g/mol. The van der Waals surface area contributed by atoms with Gasteiger partial charge in [-0.25, -0.2) is 4.79 Å². The van der Waals surface area contributed by atoms with Crippen LogP contribution in [0.4, 0.5) is 5.69 Å². The number of rotatable bonds is 4. The van der Waals surface area contributed by atoms with Gasteiger partial charge in [0.1, 0.15) is 12.8 Å². The van der Waals surface area contributed by atoms with Crippen LogP contribution in [0.15, 0.2) is 42.5 Å². The Bertz CT molecular complexity index is 562. The zero-order chi connectivity index (χ0) is 13.1. The molecule has 0 saturated heterocycles. The first-order valence-corrected chi connectivity index (χ1v) is 5.73. The molecular formula is C14H15NO3. The second-order valence-electron chi connectivity index (χ2n) is 4.12. The largest absolute Gasteiger partial charge is 0.480 e. The fourth-order valence-corrected chi connectivity index (χ4v) is 2.00. The lowest BCUT2D eigenvalue weighted by Crippen LogP contribution is -2.39. The zero-order valence-electron chi connectivity index (χ0n) is 10.1. The number of hydrogen-bond acceptors (Lipinski definition) is 3. The predicted molar refractivity (Wildman–Crippen MR) is 70.6 cm³/mol. The van der Waals surface area contributed by atoms with Crippen molar-refractivity contribution < 1.29 is 15.0 Å². The van der Waals surface area contributed by atoms with Crippen LogP contribution >= 0.6 is 0 Å². The van der Waals surface area contributed by atoms with E-state index >= 15 is 0 Å². The smallest absolute Gasteiger partial charge is 0.326 e. The number of carboxylic acid groups (broad SMARTS) is 1. The van der Waals surface area contributed by atoms with E-state index in [-0.39, 0.29) is 6.73 Å². The Kier molecular flexibility index (Phi) is 3.48. The van der Waals surface area contributed by atoms with Gasteiger partial charge in [-0.15, -0.1) is 0 Å². The van der Waals surface area contributed by atoms with Gasteiger partial charge in [-0.1, -0.05) is 36.4 Å². The highest BCUT2D eigenvalue weighted by Crippen LogP contribution is 2.27. The normalized spacial score (nSPS) is 12.3. The Morgan fingerprint density at radius 3 is 2.56 bits per heavy atom. The Morgan fingerprint density at radius 1 is 1.22 bits per heavy atom. The Labute approximate surface area is 105 Å². The van der Waals surface area contributed by atoms with Crippen molar-refractivity contribution in [2.45, 2.75) is 13.0 Å². The van der Waals surface area contributed by atoms with Crippen LogP contribution < -0.4 is 4.90 Å². The van der Waals surface area contributed by atoms with Crippen molar-refractivity contribution >= 4 is 22.4 Å². The molecule has 4 nitrogen and oxygen atoms in total. The van der Waals surface area contributed by atoms with Gasteiger partial charge in [-0.2, -0.15) is 0 Å². The molecule has 0 heterocycles. The molecule has 2 aromatic rings. The van der Waals surface area contributed by atoms with E-state index in [1.807, 2.05) is 42.5 Å². The highest BCUT2D eigenvalue weighted by Gasteiger charge is 2.21. The van der Waals surface area contributed by atoms with E-state index < -0.39 is 12.0 Å². The summed E-state index contributed by atoms with van der Waals surface area (Å²) in [5, 5.41) is 20.4. The van der Waals surface area contributed by atoms with E-state index in [2.05, 4.69) is 0 Å². The third-order valence-electron chi connectivity index (χ3n) is 3.05. The number of fused-ring (bicyclic) bond motifs is 1. The Balaban J connectivity index is 2.55. The van der Waals surface area contributed by atoms with Crippen LogP contribution in [0.5, 0.6) is 0 Å². The number of anilines is 1. The molecule has 0 amide bonds. The molecule has 0 bridgehead atoms. The number of benzene rings is 2. The fourth-order valence-electron chi connectivity index (χ4n) is 2.00. The summed E-state index contributed by atoms with van der Waals surface area (Å²) in [6.07, 6.45) is 0. The van der Waals surface area contributed by atoms with Gasteiger partial charge in [0.2, 0.25) is 0 Å². The molecule has 94 valence electrons. The number of aliphatic hydroxyl groups is 1. The SMILES string of the molecule is C[C@@H](C(=O)O)N(CO)c1cccc2ccccc12. The summed E-state index contributed by atoms with van der Waals surface area (Å²) in [6, 6.07) is 12.6. The van der Waals surface area contributed by atoms with E-state index in [1.165, 1.54) is 4.90 Å². The molecule has 0 fully saturated rings. The number of hydrogen-bond donors (Lipinski definition) is 2. The van der Waals surface area contributed by atoms with Crippen LogP contribution in [0.2, 0.25) is 0 Å². The van der Waals surface area contributed by atoms with Gasteiger partial charge in [0.05, 0.1) is 0 Å². The summed E-state index contributed by atoms with van der Waals surface area (Å²) in [6.45, 7) is 1.22. The standard InChI is InChI=1S/C14H15NO3/c1-10(14(17)18)15(9-16)13-8-4-6-11-5-2-3-7-12(11)13/h2-8,10,16H,9H2,1H3,(H,17,18)/t10-/m0/s1. The summed E-state index contributed by atoms with van der Waals surface area (Å²) < 4.78 is 0. The molecule has 0 saturated carbocycles. The topological polar surface area (TPSA) is 60.8 Å². The molecule has 18 heavy (non-hydrogen) atoms. The van der Waals surface area contributed by atoms with Crippen molar-refractivity contribution in [2.75, 3.05) is 11.6 Å². The van der Waals surface area contributed by atoms with Gasteiger partial charge in [-0.05, 0) is 18.4 Å². The van der Waals surface area contributed by atoms with Crippen LogP contribution in [-0.2, 0) is 4.79 Å². The molecule has 0 aromatic heterocycles. The number of nitrogens with zero attached hydrogens (tertiary/aromatic N) is 1. The van der Waals surface area contributed by atoms with Gasteiger partial charge >= 0.3 is 5.97 Å². The lowest BCUT2D eigenvalue weighted by Gasteiger charge is -2.27.